The summed E-state index contributed by atoms with van der Waals surface area (Å²) in [5.41, 5.74) is 0.502. The molecule has 0 saturated carbocycles. The fraction of sp³-hybridized carbons (Fsp3) is 0.619. The number of rotatable bonds is 6. The van der Waals surface area contributed by atoms with Crippen molar-refractivity contribution in [1.82, 2.24) is 9.80 Å². The molecule has 2 fully saturated rings. The van der Waals surface area contributed by atoms with Crippen molar-refractivity contribution in [2.24, 2.45) is 5.92 Å². The van der Waals surface area contributed by atoms with Crippen LogP contribution in [0.2, 0.25) is 0 Å². The van der Waals surface area contributed by atoms with Crippen LogP contribution < -0.4 is 14.2 Å². The molecule has 0 N–H and O–H groups in total. The van der Waals surface area contributed by atoms with E-state index in [1.165, 1.54) is 21.3 Å². The van der Waals surface area contributed by atoms with Gasteiger partial charge in [0.25, 0.3) is 5.91 Å². The first kappa shape index (κ1) is 21.2. The van der Waals surface area contributed by atoms with E-state index in [4.69, 9.17) is 18.9 Å². The molecule has 0 aromatic heterocycles. The zero-order valence-corrected chi connectivity index (χ0v) is 17.4. The normalized spacial score (nSPS) is 17.8. The molecular weight excluding hydrogens is 376 g/mol. The van der Waals surface area contributed by atoms with Crippen molar-refractivity contribution in [2.75, 3.05) is 60.7 Å². The van der Waals surface area contributed by atoms with Gasteiger partial charge in [-0.05, 0) is 30.9 Å². The lowest BCUT2D eigenvalue weighted by molar-refractivity contribution is -0.136. The predicted octanol–water partition coefficient (Wildman–Crippen LogP) is 1.81. The van der Waals surface area contributed by atoms with Crippen LogP contribution >= 0.6 is 0 Å². The van der Waals surface area contributed by atoms with Gasteiger partial charge >= 0.3 is 0 Å². The fourth-order valence-electron chi connectivity index (χ4n) is 3.92. The monoisotopic (exact) mass is 406 g/mol. The molecule has 2 amide bonds. The van der Waals surface area contributed by atoms with Crippen LogP contribution in [0.15, 0.2) is 12.1 Å². The summed E-state index contributed by atoms with van der Waals surface area (Å²) in [6.07, 6.45) is 2.20. The first-order valence-electron chi connectivity index (χ1n) is 10.0. The van der Waals surface area contributed by atoms with Crippen LogP contribution in [0.25, 0.3) is 0 Å². The molecule has 8 nitrogen and oxygen atoms in total. The van der Waals surface area contributed by atoms with Crippen molar-refractivity contribution in [3.8, 4) is 17.2 Å². The first-order valence-corrected chi connectivity index (χ1v) is 10.0. The van der Waals surface area contributed by atoms with Crippen molar-refractivity contribution in [1.29, 1.82) is 0 Å². The summed E-state index contributed by atoms with van der Waals surface area (Å²) < 4.78 is 21.3. The van der Waals surface area contributed by atoms with Gasteiger partial charge in [-0.15, -0.1) is 0 Å². The third-order valence-corrected chi connectivity index (χ3v) is 5.64. The largest absolute Gasteiger partial charge is 0.493 e. The Morgan fingerprint density at radius 2 is 1.52 bits per heavy atom. The van der Waals surface area contributed by atoms with Gasteiger partial charge < -0.3 is 28.7 Å². The van der Waals surface area contributed by atoms with E-state index >= 15 is 0 Å². The van der Waals surface area contributed by atoms with Crippen molar-refractivity contribution in [2.45, 2.75) is 19.3 Å². The number of hydrogen-bond donors (Lipinski definition) is 0. The fourth-order valence-corrected chi connectivity index (χ4v) is 3.92. The minimum absolute atomic E-state index is 0.0674. The smallest absolute Gasteiger partial charge is 0.254 e. The van der Waals surface area contributed by atoms with Crippen LogP contribution in [0, 0.1) is 5.92 Å². The number of morpholine rings is 1. The van der Waals surface area contributed by atoms with Crippen LogP contribution in [0.1, 0.15) is 29.6 Å². The highest BCUT2D eigenvalue weighted by Gasteiger charge is 2.28. The molecule has 0 spiro atoms. The summed E-state index contributed by atoms with van der Waals surface area (Å²) in [5.74, 6) is 1.83. The van der Waals surface area contributed by atoms with E-state index in [0.29, 0.717) is 74.5 Å². The molecule has 1 aromatic rings. The Morgan fingerprint density at radius 1 is 0.931 bits per heavy atom. The topological polar surface area (TPSA) is 77.5 Å². The minimum Gasteiger partial charge on any atom is -0.493 e. The number of ether oxygens (including phenoxy) is 4. The lowest BCUT2D eigenvalue weighted by atomic mass is 9.92. The summed E-state index contributed by atoms with van der Waals surface area (Å²) in [6, 6.07) is 3.36. The highest BCUT2D eigenvalue weighted by atomic mass is 16.5. The van der Waals surface area contributed by atoms with Gasteiger partial charge in [0.1, 0.15) is 0 Å². The predicted molar refractivity (Wildman–Crippen MR) is 107 cm³/mol. The second-order valence-electron chi connectivity index (χ2n) is 7.35. The quantitative estimate of drug-likeness (QED) is 0.717. The molecule has 2 aliphatic rings. The van der Waals surface area contributed by atoms with Crippen molar-refractivity contribution >= 4 is 11.8 Å². The second-order valence-corrected chi connectivity index (χ2v) is 7.35. The number of benzene rings is 1. The van der Waals surface area contributed by atoms with Gasteiger partial charge in [-0.3, -0.25) is 9.59 Å². The van der Waals surface area contributed by atoms with Gasteiger partial charge in [0.05, 0.1) is 34.5 Å². The van der Waals surface area contributed by atoms with Gasteiger partial charge in [-0.25, -0.2) is 0 Å². The van der Waals surface area contributed by atoms with E-state index in [0.717, 1.165) is 12.8 Å². The van der Waals surface area contributed by atoms with E-state index < -0.39 is 0 Å². The van der Waals surface area contributed by atoms with E-state index in [1.54, 1.807) is 12.1 Å². The molecule has 0 aliphatic carbocycles. The third kappa shape index (κ3) is 4.93. The Hall–Kier alpha value is -2.48. The lowest BCUT2D eigenvalue weighted by Gasteiger charge is -2.34. The molecule has 1 aromatic carbocycles. The zero-order chi connectivity index (χ0) is 20.8. The van der Waals surface area contributed by atoms with Crippen molar-refractivity contribution < 1.29 is 28.5 Å². The maximum atomic E-state index is 13.0. The molecule has 2 aliphatic heterocycles. The molecule has 2 heterocycles. The van der Waals surface area contributed by atoms with Crippen LogP contribution in [0.3, 0.4) is 0 Å². The summed E-state index contributed by atoms with van der Waals surface area (Å²) in [7, 11) is 4.59. The Balaban J connectivity index is 1.59. The average molecular weight is 406 g/mol. The summed E-state index contributed by atoms with van der Waals surface area (Å²) in [4.78, 5) is 29.2. The third-order valence-electron chi connectivity index (χ3n) is 5.64. The van der Waals surface area contributed by atoms with Gasteiger partial charge in [0.15, 0.2) is 11.5 Å². The minimum atomic E-state index is -0.0674. The number of hydrogen-bond acceptors (Lipinski definition) is 6. The SMILES string of the molecule is COc1cc(C(=O)N2CCC(CC(=O)N3CCOCC3)CC2)cc(OC)c1OC. The number of carbonyl (C=O) groups excluding carboxylic acids is 2. The van der Waals surface area contributed by atoms with Gasteiger partial charge in [-0.1, -0.05) is 0 Å². The number of piperidine rings is 1. The Kier molecular flexibility index (Phi) is 7.19. The average Bonchev–Trinajstić information content (AvgIpc) is 2.78. The van der Waals surface area contributed by atoms with Gasteiger partial charge in [0, 0.05) is 38.2 Å². The van der Waals surface area contributed by atoms with Crippen LogP contribution in [0.5, 0.6) is 17.2 Å². The molecule has 160 valence electrons. The zero-order valence-electron chi connectivity index (χ0n) is 17.4. The standard InChI is InChI=1S/C21H30N2O6/c1-26-17-13-16(14-18(27-2)20(17)28-3)21(25)23-6-4-15(5-7-23)12-19(24)22-8-10-29-11-9-22/h13-15H,4-12H2,1-3H3. The number of amides is 2. The number of carbonyl (C=O) groups is 2. The van der Waals surface area contributed by atoms with Crippen molar-refractivity contribution in [3.05, 3.63) is 17.7 Å². The molecular formula is C21H30N2O6. The number of likely N-dealkylation sites (tertiary alicyclic amines) is 1. The Morgan fingerprint density at radius 3 is 2.03 bits per heavy atom. The number of nitrogens with zero attached hydrogens (tertiary/aromatic N) is 2. The molecule has 2 saturated heterocycles. The second kappa shape index (κ2) is 9.82. The molecule has 0 bridgehead atoms. The van der Waals surface area contributed by atoms with E-state index in [-0.39, 0.29) is 11.8 Å². The van der Waals surface area contributed by atoms with Crippen LogP contribution in [0.4, 0.5) is 0 Å². The van der Waals surface area contributed by atoms with E-state index in [2.05, 4.69) is 0 Å². The highest BCUT2D eigenvalue weighted by molar-refractivity contribution is 5.95. The van der Waals surface area contributed by atoms with E-state index in [1.807, 2.05) is 9.80 Å². The Labute approximate surface area is 171 Å². The van der Waals surface area contributed by atoms with Crippen molar-refractivity contribution in [3.63, 3.8) is 0 Å². The lowest BCUT2D eigenvalue weighted by Crippen LogP contribution is -2.43. The van der Waals surface area contributed by atoms with Crippen LogP contribution in [-0.4, -0.2) is 82.3 Å². The summed E-state index contributed by atoms with van der Waals surface area (Å²) in [5, 5.41) is 0. The summed E-state index contributed by atoms with van der Waals surface area (Å²) in [6.45, 7) is 3.86. The first-order chi connectivity index (χ1) is 14.1. The molecule has 3 rings (SSSR count). The molecule has 8 heteroatoms. The number of methoxy groups -OCH3 is 3. The van der Waals surface area contributed by atoms with Gasteiger partial charge in [0.2, 0.25) is 11.7 Å². The summed E-state index contributed by atoms with van der Waals surface area (Å²) >= 11 is 0. The highest BCUT2D eigenvalue weighted by Crippen LogP contribution is 2.38. The Bertz CT molecular complexity index is 699. The molecule has 0 radical (unpaired) electrons. The molecule has 0 atom stereocenters. The van der Waals surface area contributed by atoms with Crippen LogP contribution in [-0.2, 0) is 9.53 Å². The molecule has 0 unspecified atom stereocenters. The molecule has 29 heavy (non-hydrogen) atoms. The van der Waals surface area contributed by atoms with E-state index in [9.17, 15) is 9.59 Å². The maximum Gasteiger partial charge on any atom is 0.254 e. The van der Waals surface area contributed by atoms with Gasteiger partial charge in [-0.2, -0.15) is 0 Å². The maximum absolute atomic E-state index is 13.0.